The molecule has 1 aromatic carbocycles. The van der Waals surface area contributed by atoms with Crippen LogP contribution in [0.5, 0.6) is 5.75 Å². The average Bonchev–Trinajstić information content (AvgIpc) is 2.27. The maximum Gasteiger partial charge on any atom is 0.307 e. The fourth-order valence-electron chi connectivity index (χ4n) is 1.36. The molecule has 1 atom stereocenters. The SMILES string of the molecule is CNC(=O)C(C)Oc1cccc(CC(=O)O)c1. The van der Waals surface area contributed by atoms with Gasteiger partial charge in [-0.2, -0.15) is 0 Å². The number of ether oxygens (including phenoxy) is 1. The highest BCUT2D eigenvalue weighted by Gasteiger charge is 2.12. The second-order valence-corrected chi connectivity index (χ2v) is 3.59. The maximum absolute atomic E-state index is 11.2. The Morgan fingerprint density at radius 2 is 2.18 bits per heavy atom. The Balaban J connectivity index is 2.71. The third kappa shape index (κ3) is 4.14. The molecule has 0 spiro atoms. The number of nitrogens with one attached hydrogen (secondary N) is 1. The number of amides is 1. The molecule has 92 valence electrons. The standard InChI is InChI=1S/C12H15NO4/c1-8(12(16)13-2)17-10-5-3-4-9(6-10)7-11(14)15/h3-6,8H,7H2,1-2H3,(H,13,16)(H,14,15). The lowest BCUT2D eigenvalue weighted by atomic mass is 10.1. The van der Waals surface area contributed by atoms with E-state index in [1.807, 2.05) is 0 Å². The summed E-state index contributed by atoms with van der Waals surface area (Å²) in [6, 6.07) is 6.70. The van der Waals surface area contributed by atoms with E-state index in [0.717, 1.165) is 0 Å². The van der Waals surface area contributed by atoms with E-state index in [2.05, 4.69) is 5.32 Å². The molecule has 5 heteroatoms. The van der Waals surface area contributed by atoms with Crippen molar-refractivity contribution < 1.29 is 19.4 Å². The van der Waals surface area contributed by atoms with Crippen LogP contribution in [0.15, 0.2) is 24.3 Å². The number of aliphatic carboxylic acids is 1. The summed E-state index contributed by atoms with van der Waals surface area (Å²) in [6.45, 7) is 1.63. The predicted molar refractivity (Wildman–Crippen MR) is 61.9 cm³/mol. The summed E-state index contributed by atoms with van der Waals surface area (Å²) in [5.74, 6) is -0.644. The number of carboxylic acid groups (broad SMARTS) is 1. The Kier molecular flexibility index (Phi) is 4.51. The smallest absolute Gasteiger partial charge is 0.307 e. The van der Waals surface area contributed by atoms with Gasteiger partial charge >= 0.3 is 5.97 Å². The zero-order valence-electron chi connectivity index (χ0n) is 9.77. The lowest BCUT2D eigenvalue weighted by molar-refractivity contribution is -0.136. The van der Waals surface area contributed by atoms with Gasteiger partial charge in [-0.05, 0) is 24.6 Å². The summed E-state index contributed by atoms with van der Waals surface area (Å²) >= 11 is 0. The Labute approximate surface area is 99.4 Å². The normalized spacial score (nSPS) is 11.6. The second-order valence-electron chi connectivity index (χ2n) is 3.59. The number of carbonyl (C=O) groups excluding carboxylic acids is 1. The van der Waals surface area contributed by atoms with E-state index < -0.39 is 12.1 Å². The molecule has 0 saturated carbocycles. The quantitative estimate of drug-likeness (QED) is 0.795. The van der Waals surface area contributed by atoms with Gasteiger partial charge in [0.2, 0.25) is 0 Å². The molecule has 0 radical (unpaired) electrons. The molecule has 0 heterocycles. The van der Waals surface area contributed by atoms with Crippen molar-refractivity contribution in [3.05, 3.63) is 29.8 Å². The van der Waals surface area contributed by atoms with E-state index in [9.17, 15) is 9.59 Å². The van der Waals surface area contributed by atoms with Crippen LogP contribution < -0.4 is 10.1 Å². The topological polar surface area (TPSA) is 75.6 Å². The number of rotatable bonds is 5. The summed E-state index contributed by atoms with van der Waals surface area (Å²) in [5, 5.41) is 11.1. The molecule has 1 amide bonds. The van der Waals surface area contributed by atoms with Gasteiger partial charge in [0, 0.05) is 7.05 Å². The van der Waals surface area contributed by atoms with Crippen LogP contribution in [0.1, 0.15) is 12.5 Å². The van der Waals surface area contributed by atoms with Crippen LogP contribution >= 0.6 is 0 Å². The van der Waals surface area contributed by atoms with Gasteiger partial charge in [-0.3, -0.25) is 9.59 Å². The van der Waals surface area contributed by atoms with Crippen LogP contribution in [0, 0.1) is 0 Å². The van der Waals surface area contributed by atoms with Gasteiger partial charge in [0.1, 0.15) is 5.75 Å². The third-order valence-electron chi connectivity index (χ3n) is 2.18. The molecule has 0 saturated heterocycles. The Bertz CT molecular complexity index is 417. The first-order chi connectivity index (χ1) is 8.02. The minimum Gasteiger partial charge on any atom is -0.481 e. The molecule has 1 aromatic rings. The first-order valence-electron chi connectivity index (χ1n) is 5.22. The summed E-state index contributed by atoms with van der Waals surface area (Å²) in [6.07, 6.45) is -0.675. The zero-order valence-corrected chi connectivity index (χ0v) is 9.77. The van der Waals surface area contributed by atoms with Crippen molar-refractivity contribution in [3.63, 3.8) is 0 Å². The number of hydrogen-bond donors (Lipinski definition) is 2. The fourth-order valence-corrected chi connectivity index (χ4v) is 1.36. The first kappa shape index (κ1) is 13.0. The molecular formula is C12H15NO4. The molecule has 5 nitrogen and oxygen atoms in total. The predicted octanol–water partition coefficient (Wildman–Crippen LogP) is 0.827. The summed E-state index contributed by atoms with van der Waals surface area (Å²) in [5.41, 5.74) is 0.638. The second kappa shape index (κ2) is 5.89. The molecule has 0 aliphatic carbocycles. The van der Waals surface area contributed by atoms with Gasteiger partial charge < -0.3 is 15.2 Å². The first-order valence-corrected chi connectivity index (χ1v) is 5.22. The van der Waals surface area contributed by atoms with Crippen molar-refractivity contribution in [2.45, 2.75) is 19.4 Å². The van der Waals surface area contributed by atoms with E-state index in [0.29, 0.717) is 11.3 Å². The van der Waals surface area contributed by atoms with E-state index in [1.165, 1.54) is 7.05 Å². The molecule has 0 fully saturated rings. The molecule has 0 aliphatic rings. The number of hydrogen-bond acceptors (Lipinski definition) is 3. The number of carboxylic acids is 1. The van der Waals surface area contributed by atoms with E-state index in [4.69, 9.17) is 9.84 Å². The van der Waals surface area contributed by atoms with Gasteiger partial charge in [0.25, 0.3) is 5.91 Å². The third-order valence-corrected chi connectivity index (χ3v) is 2.18. The molecule has 2 N–H and O–H groups in total. The van der Waals surface area contributed by atoms with E-state index >= 15 is 0 Å². The molecule has 17 heavy (non-hydrogen) atoms. The highest BCUT2D eigenvalue weighted by atomic mass is 16.5. The molecule has 1 rings (SSSR count). The Morgan fingerprint density at radius 1 is 1.47 bits per heavy atom. The van der Waals surface area contributed by atoms with Gasteiger partial charge in [0.05, 0.1) is 6.42 Å². The average molecular weight is 237 g/mol. The Morgan fingerprint density at radius 3 is 2.76 bits per heavy atom. The molecule has 0 aromatic heterocycles. The van der Waals surface area contributed by atoms with Crippen molar-refractivity contribution >= 4 is 11.9 Å². The molecule has 0 aliphatic heterocycles. The summed E-state index contributed by atoms with van der Waals surface area (Å²) in [4.78, 5) is 21.8. The number of carbonyl (C=O) groups is 2. The van der Waals surface area contributed by atoms with Crippen molar-refractivity contribution in [3.8, 4) is 5.75 Å². The monoisotopic (exact) mass is 237 g/mol. The van der Waals surface area contributed by atoms with Crippen molar-refractivity contribution in [1.82, 2.24) is 5.32 Å². The van der Waals surface area contributed by atoms with Crippen molar-refractivity contribution in [2.75, 3.05) is 7.05 Å². The Hall–Kier alpha value is -2.04. The van der Waals surface area contributed by atoms with Crippen LogP contribution in [-0.2, 0) is 16.0 Å². The van der Waals surface area contributed by atoms with Crippen LogP contribution in [0.2, 0.25) is 0 Å². The highest BCUT2D eigenvalue weighted by molar-refractivity contribution is 5.80. The molecule has 1 unspecified atom stereocenters. The minimum atomic E-state index is -0.901. The zero-order chi connectivity index (χ0) is 12.8. The largest absolute Gasteiger partial charge is 0.481 e. The van der Waals surface area contributed by atoms with Gasteiger partial charge in [-0.15, -0.1) is 0 Å². The van der Waals surface area contributed by atoms with Crippen molar-refractivity contribution in [2.24, 2.45) is 0 Å². The van der Waals surface area contributed by atoms with Gasteiger partial charge in [0.15, 0.2) is 6.10 Å². The highest BCUT2D eigenvalue weighted by Crippen LogP contribution is 2.15. The van der Waals surface area contributed by atoms with Crippen LogP contribution in [0.25, 0.3) is 0 Å². The van der Waals surface area contributed by atoms with E-state index in [1.54, 1.807) is 31.2 Å². The number of likely N-dealkylation sites (N-methyl/N-ethyl adjacent to an activating group) is 1. The van der Waals surface area contributed by atoms with Crippen LogP contribution in [0.3, 0.4) is 0 Å². The van der Waals surface area contributed by atoms with Gasteiger partial charge in [-0.25, -0.2) is 0 Å². The lowest BCUT2D eigenvalue weighted by Gasteiger charge is -2.13. The van der Waals surface area contributed by atoms with Crippen LogP contribution in [-0.4, -0.2) is 30.1 Å². The fraction of sp³-hybridized carbons (Fsp3) is 0.333. The minimum absolute atomic E-state index is 0.0639. The van der Waals surface area contributed by atoms with Gasteiger partial charge in [-0.1, -0.05) is 12.1 Å². The van der Waals surface area contributed by atoms with Crippen molar-refractivity contribution in [1.29, 1.82) is 0 Å². The molecular weight excluding hydrogens is 222 g/mol. The summed E-state index contributed by atoms with van der Waals surface area (Å²) in [7, 11) is 1.53. The van der Waals surface area contributed by atoms with E-state index in [-0.39, 0.29) is 12.3 Å². The lowest BCUT2D eigenvalue weighted by Crippen LogP contribution is -2.33. The summed E-state index contributed by atoms with van der Waals surface area (Å²) < 4.78 is 5.38. The number of benzene rings is 1. The van der Waals surface area contributed by atoms with Crippen LogP contribution in [0.4, 0.5) is 0 Å². The molecule has 0 bridgehead atoms. The maximum atomic E-state index is 11.2.